The van der Waals surface area contributed by atoms with E-state index in [1.807, 2.05) is 0 Å². The number of hydrogen-bond donors (Lipinski definition) is 1. The Balaban J connectivity index is 1.77. The molecular formula is C16H15ClO4S. The van der Waals surface area contributed by atoms with E-state index < -0.39 is 16.8 Å². The van der Waals surface area contributed by atoms with E-state index in [0.29, 0.717) is 28.9 Å². The Hall–Kier alpha value is -1.85. The number of carboxylic acids is 1. The van der Waals surface area contributed by atoms with Crippen LogP contribution < -0.4 is 4.74 Å². The normalized spacial score (nSPS) is 11.9. The summed E-state index contributed by atoms with van der Waals surface area (Å²) in [6.45, 7) is 0.349. The second-order valence-electron chi connectivity index (χ2n) is 4.59. The molecule has 0 radical (unpaired) electrons. The SMILES string of the molecule is O=C(O)c1ccc(CS(=O)CCOc2ccc(Cl)cc2)cc1. The van der Waals surface area contributed by atoms with Crippen LogP contribution in [0.5, 0.6) is 5.75 Å². The van der Waals surface area contributed by atoms with Crippen LogP contribution in [-0.4, -0.2) is 27.6 Å². The number of hydrogen-bond acceptors (Lipinski definition) is 3. The van der Waals surface area contributed by atoms with E-state index in [2.05, 4.69) is 0 Å². The maximum absolute atomic E-state index is 12.0. The van der Waals surface area contributed by atoms with Crippen LogP contribution in [-0.2, 0) is 16.6 Å². The number of rotatable bonds is 7. The smallest absolute Gasteiger partial charge is 0.335 e. The number of benzene rings is 2. The van der Waals surface area contributed by atoms with Crippen molar-refractivity contribution in [3.05, 3.63) is 64.7 Å². The van der Waals surface area contributed by atoms with E-state index in [-0.39, 0.29) is 5.56 Å². The molecule has 0 aliphatic rings. The highest BCUT2D eigenvalue weighted by Crippen LogP contribution is 2.15. The van der Waals surface area contributed by atoms with Gasteiger partial charge in [0.15, 0.2) is 0 Å². The Morgan fingerprint density at radius 2 is 1.73 bits per heavy atom. The summed E-state index contributed by atoms with van der Waals surface area (Å²) in [5.41, 5.74) is 1.07. The van der Waals surface area contributed by atoms with Crippen LogP contribution in [0.1, 0.15) is 15.9 Å². The molecule has 0 spiro atoms. The Morgan fingerprint density at radius 1 is 1.09 bits per heavy atom. The fourth-order valence-corrected chi connectivity index (χ4v) is 2.89. The number of halogens is 1. The Labute approximate surface area is 136 Å². The van der Waals surface area contributed by atoms with E-state index >= 15 is 0 Å². The minimum absolute atomic E-state index is 0.223. The molecule has 0 saturated carbocycles. The number of aromatic carboxylic acids is 1. The maximum Gasteiger partial charge on any atom is 0.335 e. The molecule has 2 rings (SSSR count). The van der Waals surface area contributed by atoms with Gasteiger partial charge in [0.25, 0.3) is 0 Å². The molecule has 2 aromatic rings. The Morgan fingerprint density at radius 3 is 2.32 bits per heavy atom. The first-order valence-corrected chi connectivity index (χ1v) is 8.47. The van der Waals surface area contributed by atoms with Gasteiger partial charge in [-0.05, 0) is 42.0 Å². The van der Waals surface area contributed by atoms with Gasteiger partial charge in [-0.25, -0.2) is 4.79 Å². The predicted octanol–water partition coefficient (Wildman–Crippen LogP) is 3.37. The van der Waals surface area contributed by atoms with Crippen molar-refractivity contribution >= 4 is 28.4 Å². The summed E-state index contributed by atoms with van der Waals surface area (Å²) in [7, 11) is -1.06. The topological polar surface area (TPSA) is 63.6 Å². The summed E-state index contributed by atoms with van der Waals surface area (Å²) in [6, 6.07) is 13.4. The zero-order valence-corrected chi connectivity index (χ0v) is 13.3. The van der Waals surface area contributed by atoms with Gasteiger partial charge in [-0.15, -0.1) is 0 Å². The lowest BCUT2D eigenvalue weighted by molar-refractivity contribution is 0.0697. The van der Waals surface area contributed by atoms with E-state index in [1.54, 1.807) is 36.4 Å². The fourth-order valence-electron chi connectivity index (χ4n) is 1.78. The van der Waals surface area contributed by atoms with Gasteiger partial charge in [0.2, 0.25) is 0 Å². The molecule has 22 heavy (non-hydrogen) atoms. The molecule has 116 valence electrons. The van der Waals surface area contributed by atoms with E-state index in [0.717, 1.165) is 5.56 Å². The predicted molar refractivity (Wildman–Crippen MR) is 87.1 cm³/mol. The molecule has 0 amide bonds. The van der Waals surface area contributed by atoms with Gasteiger partial charge in [0.1, 0.15) is 5.75 Å². The summed E-state index contributed by atoms with van der Waals surface area (Å²) in [4.78, 5) is 10.7. The minimum Gasteiger partial charge on any atom is -0.493 e. The lowest BCUT2D eigenvalue weighted by Gasteiger charge is -2.06. The highest BCUT2D eigenvalue weighted by Gasteiger charge is 2.05. The third-order valence-corrected chi connectivity index (χ3v) is 4.45. The summed E-state index contributed by atoms with van der Waals surface area (Å²) < 4.78 is 17.5. The molecule has 4 nitrogen and oxygen atoms in total. The van der Waals surface area contributed by atoms with Gasteiger partial charge in [-0.2, -0.15) is 0 Å². The molecule has 0 fully saturated rings. The molecule has 0 aromatic heterocycles. The molecule has 6 heteroatoms. The van der Waals surface area contributed by atoms with Crippen LogP contribution in [0, 0.1) is 0 Å². The van der Waals surface area contributed by atoms with Crippen molar-refractivity contribution < 1.29 is 18.8 Å². The van der Waals surface area contributed by atoms with E-state index in [9.17, 15) is 9.00 Å². The second kappa shape index (κ2) is 7.96. The average Bonchev–Trinajstić information content (AvgIpc) is 2.50. The van der Waals surface area contributed by atoms with Crippen LogP contribution in [0.4, 0.5) is 0 Å². The largest absolute Gasteiger partial charge is 0.493 e. The number of carboxylic acid groups (broad SMARTS) is 1. The van der Waals surface area contributed by atoms with Gasteiger partial charge in [0, 0.05) is 21.6 Å². The lowest BCUT2D eigenvalue weighted by Crippen LogP contribution is -2.10. The fraction of sp³-hybridized carbons (Fsp3) is 0.188. The highest BCUT2D eigenvalue weighted by molar-refractivity contribution is 7.84. The van der Waals surface area contributed by atoms with Crippen LogP contribution in [0.3, 0.4) is 0 Å². The highest BCUT2D eigenvalue weighted by atomic mass is 35.5. The van der Waals surface area contributed by atoms with Gasteiger partial charge < -0.3 is 9.84 Å². The summed E-state index contributed by atoms with van der Waals surface area (Å²) in [6.07, 6.45) is 0. The van der Waals surface area contributed by atoms with Crippen molar-refractivity contribution in [2.45, 2.75) is 5.75 Å². The van der Waals surface area contributed by atoms with Crippen LogP contribution in [0.15, 0.2) is 48.5 Å². The third-order valence-electron chi connectivity index (χ3n) is 2.92. The molecule has 2 aromatic carbocycles. The van der Waals surface area contributed by atoms with Crippen molar-refractivity contribution in [1.29, 1.82) is 0 Å². The first kappa shape index (κ1) is 16.5. The minimum atomic E-state index is -1.06. The molecule has 1 N–H and O–H groups in total. The zero-order valence-electron chi connectivity index (χ0n) is 11.7. The van der Waals surface area contributed by atoms with Gasteiger partial charge >= 0.3 is 5.97 Å². The molecule has 0 bridgehead atoms. The second-order valence-corrected chi connectivity index (χ2v) is 6.61. The first-order chi connectivity index (χ1) is 10.5. The molecule has 1 unspecified atom stereocenters. The standard InChI is InChI=1S/C16H15ClO4S/c17-14-5-7-15(8-6-14)21-9-10-22(20)11-12-1-3-13(4-2-12)16(18)19/h1-8H,9-11H2,(H,18,19). The van der Waals surface area contributed by atoms with Crippen molar-refractivity contribution in [2.24, 2.45) is 0 Å². The van der Waals surface area contributed by atoms with Crippen molar-refractivity contribution in [3.8, 4) is 5.75 Å². The maximum atomic E-state index is 12.0. The summed E-state index contributed by atoms with van der Waals surface area (Å²) >= 11 is 5.78. The van der Waals surface area contributed by atoms with Gasteiger partial charge in [-0.1, -0.05) is 23.7 Å². The summed E-state index contributed by atoms with van der Waals surface area (Å²) in [5.74, 6) is 0.504. The average molecular weight is 339 g/mol. The summed E-state index contributed by atoms with van der Waals surface area (Å²) in [5, 5.41) is 9.45. The van der Waals surface area contributed by atoms with Crippen molar-refractivity contribution in [3.63, 3.8) is 0 Å². The molecule has 1 atom stereocenters. The van der Waals surface area contributed by atoms with Gasteiger partial charge in [-0.3, -0.25) is 4.21 Å². The van der Waals surface area contributed by atoms with Crippen LogP contribution in [0.25, 0.3) is 0 Å². The Bertz CT molecular complexity index is 653. The molecule has 0 saturated heterocycles. The van der Waals surface area contributed by atoms with Crippen LogP contribution in [0.2, 0.25) is 5.02 Å². The number of carbonyl (C=O) groups is 1. The van der Waals surface area contributed by atoms with Crippen molar-refractivity contribution in [2.75, 3.05) is 12.4 Å². The molecule has 0 aliphatic heterocycles. The Kier molecular flexibility index (Phi) is 5.98. The van der Waals surface area contributed by atoms with Crippen LogP contribution >= 0.6 is 11.6 Å². The quantitative estimate of drug-likeness (QED) is 0.840. The van der Waals surface area contributed by atoms with E-state index in [1.165, 1.54) is 12.1 Å². The monoisotopic (exact) mass is 338 g/mol. The third kappa shape index (κ3) is 5.16. The van der Waals surface area contributed by atoms with Gasteiger partial charge in [0.05, 0.1) is 17.9 Å². The molecular weight excluding hydrogens is 324 g/mol. The molecule has 0 aliphatic carbocycles. The zero-order chi connectivity index (χ0) is 15.9. The van der Waals surface area contributed by atoms with E-state index in [4.69, 9.17) is 21.4 Å². The first-order valence-electron chi connectivity index (χ1n) is 6.60. The number of ether oxygens (including phenoxy) is 1. The lowest BCUT2D eigenvalue weighted by atomic mass is 10.1. The molecule has 0 heterocycles. The van der Waals surface area contributed by atoms with Crippen molar-refractivity contribution in [1.82, 2.24) is 0 Å².